The van der Waals surface area contributed by atoms with E-state index in [4.69, 9.17) is 22.4 Å². The zero-order valence-corrected chi connectivity index (χ0v) is 91.9. The highest BCUT2D eigenvalue weighted by Gasteiger charge is 1.48. The molecule has 0 aromatic heterocycles. The molecule has 0 N–H and O–H groups in total. The third kappa shape index (κ3) is 90.5. The van der Waals surface area contributed by atoms with E-state index in [-0.39, 0.29) is 0 Å². The molecule has 0 aliphatic rings. The molecule has 0 bridgehead atoms. The third-order valence-corrected chi connectivity index (χ3v) is 162. The molecule has 0 aliphatic heterocycles. The van der Waals surface area contributed by atoms with E-state index in [0.29, 0.717) is 0 Å². The normalized spacial score (nSPS) is 7.84. The van der Waals surface area contributed by atoms with Crippen LogP contribution in [0, 0.1) is 0 Å². The first-order chi connectivity index (χ1) is 37.4. The van der Waals surface area contributed by atoms with E-state index in [9.17, 15) is 0 Å². The quantitative estimate of drug-likeness (QED) is 0.331. The predicted octanol–water partition coefficient (Wildman–Crippen LogP) is -0.180. The van der Waals surface area contributed by atoms with Crippen LogP contribution in [0.1, 0.15) is 0 Å². The van der Waals surface area contributed by atoms with Gasteiger partial charge >= 0.3 is 0 Å². The Bertz CT molecular complexity index is 5290. The molecule has 0 saturated heterocycles. The highest BCUT2D eigenvalue weighted by Crippen LogP contribution is 1.48. The molecule has 0 saturated carbocycles. The second-order valence-corrected chi connectivity index (χ2v) is 134. The van der Waals surface area contributed by atoms with Crippen LogP contribution in [0.4, 0.5) is 0 Å². The van der Waals surface area contributed by atoms with Gasteiger partial charge in [-0.05, 0) is 0 Å². The van der Waals surface area contributed by atoms with Crippen LogP contribution in [0.25, 0.3) is 0 Å². The fourth-order valence-electron chi connectivity index (χ4n) is 0.805. The predicted molar refractivity (Wildman–Crippen MR) is 552 cm³/mol. The van der Waals surface area contributed by atoms with Crippen molar-refractivity contribution in [1.82, 2.24) is 0 Å². The molecular formula is S75. The summed E-state index contributed by atoms with van der Waals surface area (Å²) in [4.78, 5) is 0. The van der Waals surface area contributed by atoms with Gasteiger partial charge in [0.2, 0.25) is 0 Å². The van der Waals surface area contributed by atoms with Crippen LogP contribution < -0.4 is 0 Å². The SMILES string of the molecule is S=S=S=S=S=S=S=S=S=S=S=S=S=S=S=S=S=S=S=S=S=S=S=S=S=S=S=S=S=S=S=S=S=S=S=S=S=S=S=S=S=S=S=S=S=S=S=S=S=S=S=S=S=S=S=S=S=S=S=S=S=S=S=S=S=S=S=S=S=S=S=S=S=S=S. The molecule has 0 fully saturated rings. The van der Waals surface area contributed by atoms with Gasteiger partial charge in [0, 0.05) is 671 Å². The highest BCUT2D eigenvalue weighted by atomic mass is 33.5. The molecule has 0 aromatic carbocycles. The molecular weight excluding hydrogens is 2410 g/mol. The Morgan fingerprint density at radius 2 is 0.107 bits per heavy atom. The van der Waals surface area contributed by atoms with E-state index in [1.54, 1.807) is 107 Å². The summed E-state index contributed by atoms with van der Waals surface area (Å²) in [6.45, 7) is 0. The largest absolute Gasteiger partial charge is 0 e. The van der Waals surface area contributed by atoms with Crippen LogP contribution in [0.3, 0.4) is 0 Å². The van der Waals surface area contributed by atoms with Crippen LogP contribution in [0.15, 0.2) is 0 Å². The Labute approximate surface area is 649 Å². The summed E-state index contributed by atoms with van der Waals surface area (Å²) in [7, 11) is 132. The number of hydrogen-bond donors (Lipinski definition) is 0. The maximum atomic E-state index is 4.82. The summed E-state index contributed by atoms with van der Waals surface area (Å²) >= 11 is 9.65. The van der Waals surface area contributed by atoms with E-state index in [0.717, 1.165) is 0 Å². The van der Waals surface area contributed by atoms with Gasteiger partial charge in [-0.25, -0.2) is 0 Å². The van der Waals surface area contributed by atoms with Gasteiger partial charge in [-0.3, -0.25) is 0 Å². The lowest BCUT2D eigenvalue weighted by molar-refractivity contribution is 5.95. The van der Waals surface area contributed by atoms with E-state index in [1.165, 1.54) is 17.8 Å². The molecule has 0 nitrogen and oxygen atoms in total. The van der Waals surface area contributed by atoms with Gasteiger partial charge in [-0.1, -0.05) is 0 Å². The Hall–Kier alpha value is 16.5. The van der Waals surface area contributed by atoms with Crippen molar-refractivity contribution < 1.29 is 0 Å². The second kappa shape index (κ2) is 90.5. The minimum absolute atomic E-state index is 1.37. The summed E-state index contributed by atoms with van der Waals surface area (Å²) in [5.41, 5.74) is 0. The molecule has 0 unspecified atom stereocenters. The van der Waals surface area contributed by atoms with Crippen molar-refractivity contribution in [2.24, 2.45) is 0 Å². The summed E-state index contributed by atoms with van der Waals surface area (Å²) in [6, 6.07) is 0. The maximum absolute atomic E-state index is 4.82. The van der Waals surface area contributed by atoms with Crippen molar-refractivity contribution in [3.8, 4) is 0 Å². The van der Waals surface area contributed by atoms with Crippen molar-refractivity contribution >= 4 is 671 Å². The Morgan fingerprint density at radius 1 is 0.0667 bits per heavy atom. The number of hydrogen-bond acceptors (Lipinski definition) is 2. The highest BCUT2D eigenvalue weighted by molar-refractivity contribution is 8.85. The molecule has 0 heterocycles. The average molecular weight is 2410 g/mol. The first-order valence-corrected chi connectivity index (χ1v) is 111. The van der Waals surface area contributed by atoms with Gasteiger partial charge in [0.25, 0.3) is 0 Å². The van der Waals surface area contributed by atoms with Crippen LogP contribution >= 0.6 is 0 Å². The molecule has 75 heteroatoms. The lowest BCUT2D eigenvalue weighted by Gasteiger charge is -1.41. The Morgan fingerprint density at radius 3 is 0.147 bits per heavy atom. The van der Waals surface area contributed by atoms with Crippen LogP contribution in [0.5, 0.6) is 0 Å². The van der Waals surface area contributed by atoms with Crippen molar-refractivity contribution in [3.05, 3.63) is 0 Å². The molecule has 0 amide bonds. The van der Waals surface area contributed by atoms with Crippen LogP contribution in [0.2, 0.25) is 0 Å². The standard InChI is InChI=1S/S75/c1-3-5-7-9-11-13-15-17-19-21-23-25-27-29-31-33-35-37-39-41-43-45-47-49-51-53-55-57-59-61-63-65-67-69-71-73-75-74-72-70-68-66-64-62-60-58-56-54-52-50-48-46-44-42-40-38-36-34-32-30-28-26-24-22-20-18-16-14-12-10-8-6-4-2. The van der Waals surface area contributed by atoms with E-state index in [2.05, 4.69) is 0 Å². The molecule has 0 radical (unpaired) electrons. The Balaban J connectivity index is 6.15. The minimum atomic E-state index is 1.37. The smallest absolute Gasteiger partial charge is 0 e. The summed E-state index contributed by atoms with van der Waals surface area (Å²) in [6.07, 6.45) is 0. The minimum Gasteiger partial charge on any atom is 0 e. The lowest BCUT2D eigenvalue weighted by Crippen LogP contribution is -1.41. The second-order valence-electron chi connectivity index (χ2n) is 4.97. The van der Waals surface area contributed by atoms with Crippen molar-refractivity contribution in [2.75, 3.05) is 0 Å². The maximum Gasteiger partial charge on any atom is 0 e. The first kappa shape index (κ1) is 91.5. The summed E-state index contributed by atoms with van der Waals surface area (Å²) < 4.78 is 0. The monoisotopic (exact) mass is 2400 g/mol. The van der Waals surface area contributed by atoms with E-state index >= 15 is 0 Å². The lowest BCUT2D eigenvalue weighted by atomic mass is 30.7. The van der Waals surface area contributed by atoms with Crippen molar-refractivity contribution in [1.29, 1.82) is 0 Å². The number of rotatable bonds is 0. The zero-order chi connectivity index (χ0) is 53.6. The summed E-state index contributed by atoms with van der Waals surface area (Å²) in [5, 5.41) is 0. The van der Waals surface area contributed by atoms with Gasteiger partial charge in [0.1, 0.15) is 0 Å². The van der Waals surface area contributed by atoms with Crippen LogP contribution in [-0.4, -0.2) is 0 Å². The van der Waals surface area contributed by atoms with E-state index < -0.39 is 0 Å². The molecule has 0 aromatic rings. The molecule has 0 aliphatic carbocycles. The molecule has 0 atom stereocenters. The van der Waals surface area contributed by atoms with E-state index in [1.807, 2.05) is 524 Å². The van der Waals surface area contributed by atoms with Crippen molar-refractivity contribution in [2.45, 2.75) is 0 Å². The zero-order valence-electron chi connectivity index (χ0n) is 30.6. The molecule has 0 spiro atoms. The third-order valence-electron chi connectivity index (χ3n) is 2.00. The van der Waals surface area contributed by atoms with Gasteiger partial charge in [-0.2, -0.15) is 0 Å². The van der Waals surface area contributed by atoms with Gasteiger partial charge in [-0.15, -0.1) is 0 Å². The molecule has 75 heavy (non-hydrogen) atoms. The molecule has 450 valence electrons. The topological polar surface area (TPSA) is 0 Å². The van der Waals surface area contributed by atoms with Crippen LogP contribution in [-0.2, 0) is 671 Å². The fraction of sp³-hybridized carbons (Fsp3) is 0. The van der Waals surface area contributed by atoms with Gasteiger partial charge < -0.3 is 0 Å². The Kier molecular flexibility index (Phi) is 110. The van der Waals surface area contributed by atoms with Crippen molar-refractivity contribution in [3.63, 3.8) is 0 Å². The fourth-order valence-corrected chi connectivity index (χ4v) is 196. The van der Waals surface area contributed by atoms with Gasteiger partial charge in [0.15, 0.2) is 0 Å². The summed E-state index contributed by atoms with van der Waals surface area (Å²) in [5.74, 6) is 0. The average Bonchev–Trinajstić information content (AvgIpc) is 3.42. The molecule has 0 rings (SSSR count). The first-order valence-electron chi connectivity index (χ1n) is 12.3. The van der Waals surface area contributed by atoms with Gasteiger partial charge in [0.05, 0.1) is 0 Å².